The van der Waals surface area contributed by atoms with Crippen LogP contribution < -0.4 is 15.5 Å². The van der Waals surface area contributed by atoms with E-state index in [4.69, 9.17) is 23.2 Å². The first-order valence-electron chi connectivity index (χ1n) is 9.82. The van der Waals surface area contributed by atoms with E-state index in [2.05, 4.69) is 5.32 Å². The molecule has 0 bridgehead atoms. The average Bonchev–Trinajstić information content (AvgIpc) is 2.83. The first-order chi connectivity index (χ1) is 14.3. The van der Waals surface area contributed by atoms with Gasteiger partial charge in [-0.1, -0.05) is 47.5 Å². The molecule has 0 fully saturated rings. The van der Waals surface area contributed by atoms with Crippen molar-refractivity contribution in [2.24, 2.45) is 0 Å². The third-order valence-electron chi connectivity index (χ3n) is 4.95. The summed E-state index contributed by atoms with van der Waals surface area (Å²) >= 11 is 12.1. The van der Waals surface area contributed by atoms with Crippen molar-refractivity contribution in [2.75, 3.05) is 32.2 Å². The maximum atomic E-state index is 13.2. The Hall–Kier alpha value is -2.09. The maximum Gasteiger partial charge on any atom is 0.225 e. The van der Waals surface area contributed by atoms with Crippen LogP contribution in [0, 0.1) is 5.21 Å². The molecule has 0 spiro atoms. The van der Waals surface area contributed by atoms with E-state index in [-0.39, 0.29) is 17.5 Å². The summed E-state index contributed by atoms with van der Waals surface area (Å²) in [7, 11) is 3.93. The van der Waals surface area contributed by atoms with Crippen molar-refractivity contribution < 1.29 is 9.97 Å². The highest BCUT2D eigenvalue weighted by atomic mass is 35.5. The number of hydrogen-bond acceptors (Lipinski definition) is 4. The zero-order valence-electron chi connectivity index (χ0n) is 17.1. The average molecular weight is 449 g/mol. The number of hydrogen-bond donors (Lipinski definition) is 2. The number of halogens is 2. The second-order valence-electron chi connectivity index (χ2n) is 7.49. The monoisotopic (exact) mass is 448 g/mol. The largest absolute Gasteiger partial charge is 0.606 e. The number of likely N-dealkylation sites (N-methyl/N-ethyl adjacent to an activating group) is 1. The van der Waals surface area contributed by atoms with Crippen molar-refractivity contribution in [3.8, 4) is 0 Å². The van der Waals surface area contributed by atoms with Gasteiger partial charge in [-0.15, -0.1) is 0 Å². The lowest BCUT2D eigenvalue weighted by Gasteiger charge is -2.39. The Morgan fingerprint density at radius 2 is 2.00 bits per heavy atom. The quantitative estimate of drug-likeness (QED) is 0.639. The number of nitrogens with one attached hydrogen (secondary N) is 2. The Labute approximate surface area is 187 Å². The summed E-state index contributed by atoms with van der Waals surface area (Å²) in [5, 5.41) is 18.8. The number of para-hydroxylation sites is 1. The van der Waals surface area contributed by atoms with Crippen LogP contribution in [0.25, 0.3) is 6.08 Å². The molecule has 0 saturated carbocycles. The molecule has 8 heteroatoms. The number of rotatable bonds is 7. The van der Waals surface area contributed by atoms with E-state index in [1.54, 1.807) is 23.2 Å². The molecule has 160 valence electrons. The summed E-state index contributed by atoms with van der Waals surface area (Å²) in [5.74, 6) is -0.206. The number of hydroxylamine groups is 1. The Bertz CT molecular complexity index is 920. The molecule has 1 heterocycles. The number of quaternary nitrogens is 1. The van der Waals surface area contributed by atoms with Crippen LogP contribution in [-0.4, -0.2) is 44.2 Å². The van der Waals surface area contributed by atoms with Crippen molar-refractivity contribution >= 4 is 40.9 Å². The highest BCUT2D eigenvalue weighted by Gasteiger charge is 2.26. The molecule has 0 radical (unpaired) electrons. The van der Waals surface area contributed by atoms with Crippen LogP contribution in [0.15, 0.2) is 48.5 Å². The van der Waals surface area contributed by atoms with Crippen LogP contribution >= 0.6 is 23.2 Å². The molecule has 1 aliphatic heterocycles. The standard InChI is InChI=1S/C22H26Cl2N4O2/c1-26(2)13-14-27-20-6-4-3-5-17(20)8-11-21(28(27)30)25-22(29)12-9-16-7-10-18(23)15-19(16)24/h3-8,10-11,15,21,28H,9,12-14H2,1-2H3,(H,25,29). The predicted octanol–water partition coefficient (Wildman–Crippen LogP) is 2.76. The van der Waals surface area contributed by atoms with Crippen LogP contribution in [0.2, 0.25) is 10.0 Å². The zero-order chi connectivity index (χ0) is 21.7. The van der Waals surface area contributed by atoms with Gasteiger partial charge in [-0.3, -0.25) is 4.79 Å². The van der Waals surface area contributed by atoms with E-state index in [1.807, 2.05) is 55.4 Å². The Kier molecular flexibility index (Phi) is 7.75. The molecule has 2 aromatic carbocycles. The zero-order valence-corrected chi connectivity index (χ0v) is 18.6. The number of carbonyl (C=O) groups excluding carboxylic acids is 1. The summed E-state index contributed by atoms with van der Waals surface area (Å²) in [6.07, 6.45) is 3.63. The normalized spacial score (nSPS) is 18.3. The second kappa shape index (κ2) is 10.3. The summed E-state index contributed by atoms with van der Waals surface area (Å²) in [6.45, 7) is 1.26. The van der Waals surface area contributed by atoms with Crippen LogP contribution in [0.5, 0.6) is 0 Å². The van der Waals surface area contributed by atoms with Crippen LogP contribution in [0.3, 0.4) is 0 Å². The number of aryl methyl sites for hydroxylation is 1. The lowest BCUT2D eigenvalue weighted by Crippen LogP contribution is -3.20. The molecular weight excluding hydrogens is 423 g/mol. The van der Waals surface area contributed by atoms with Crippen LogP contribution in [0.1, 0.15) is 17.5 Å². The van der Waals surface area contributed by atoms with E-state index < -0.39 is 6.17 Å². The van der Waals surface area contributed by atoms with Gasteiger partial charge >= 0.3 is 0 Å². The van der Waals surface area contributed by atoms with Crippen molar-refractivity contribution in [1.82, 2.24) is 10.2 Å². The number of amides is 1. The van der Waals surface area contributed by atoms with Crippen molar-refractivity contribution in [1.29, 1.82) is 0 Å². The molecule has 30 heavy (non-hydrogen) atoms. The Morgan fingerprint density at radius 1 is 1.23 bits per heavy atom. The smallest absolute Gasteiger partial charge is 0.225 e. The second-order valence-corrected chi connectivity index (χ2v) is 8.34. The Morgan fingerprint density at radius 3 is 2.73 bits per heavy atom. The minimum atomic E-state index is -0.715. The lowest BCUT2D eigenvalue weighted by atomic mass is 10.1. The molecule has 6 nitrogen and oxygen atoms in total. The third kappa shape index (κ3) is 5.74. The minimum Gasteiger partial charge on any atom is -0.606 e. The van der Waals surface area contributed by atoms with Crippen molar-refractivity contribution in [3.05, 3.63) is 74.9 Å². The fourth-order valence-electron chi connectivity index (χ4n) is 3.30. The highest BCUT2D eigenvalue weighted by Crippen LogP contribution is 2.23. The van der Waals surface area contributed by atoms with Crippen molar-refractivity contribution in [3.63, 3.8) is 0 Å². The van der Waals surface area contributed by atoms with E-state index in [0.717, 1.165) is 23.4 Å². The molecule has 2 atom stereocenters. The van der Waals surface area contributed by atoms with Gasteiger partial charge in [0.05, 0.1) is 12.2 Å². The maximum absolute atomic E-state index is 13.2. The summed E-state index contributed by atoms with van der Waals surface area (Å²) in [4.78, 5) is 14.6. The summed E-state index contributed by atoms with van der Waals surface area (Å²) in [5.41, 5.74) is 2.65. The van der Waals surface area contributed by atoms with Gasteiger partial charge < -0.3 is 15.4 Å². The van der Waals surface area contributed by atoms with Crippen LogP contribution in [-0.2, 0) is 11.2 Å². The number of carbonyl (C=O) groups is 1. The summed E-state index contributed by atoms with van der Waals surface area (Å²) in [6, 6.07) is 13.0. The van der Waals surface area contributed by atoms with Gasteiger partial charge in [-0.05, 0) is 56.4 Å². The number of benzene rings is 2. The number of nitrogens with zero attached hydrogens (tertiary/aromatic N) is 2. The molecule has 1 aliphatic rings. The van der Waals surface area contributed by atoms with Gasteiger partial charge in [0, 0.05) is 28.6 Å². The van der Waals surface area contributed by atoms with E-state index >= 15 is 0 Å². The topological polar surface area (TPSA) is 63.1 Å². The molecule has 1 amide bonds. The predicted molar refractivity (Wildman–Crippen MR) is 122 cm³/mol. The van der Waals surface area contributed by atoms with Gasteiger partial charge in [0.1, 0.15) is 0 Å². The molecule has 2 unspecified atom stereocenters. The lowest BCUT2D eigenvalue weighted by molar-refractivity contribution is -0.879. The first-order valence-corrected chi connectivity index (χ1v) is 10.6. The highest BCUT2D eigenvalue weighted by molar-refractivity contribution is 6.35. The minimum absolute atomic E-state index is 0.143. The fourth-order valence-corrected chi connectivity index (χ4v) is 3.80. The molecule has 2 aromatic rings. The van der Waals surface area contributed by atoms with Crippen LogP contribution in [0.4, 0.5) is 5.69 Å². The van der Waals surface area contributed by atoms with E-state index in [9.17, 15) is 10.0 Å². The molecule has 0 saturated heterocycles. The van der Waals surface area contributed by atoms with Gasteiger partial charge in [-0.2, -0.15) is 0 Å². The molecule has 3 rings (SSSR count). The Balaban J connectivity index is 1.69. The third-order valence-corrected chi connectivity index (χ3v) is 5.54. The number of fused-ring (bicyclic) bond motifs is 1. The molecule has 2 N–H and O–H groups in total. The van der Waals surface area contributed by atoms with Gasteiger partial charge in [0.2, 0.25) is 12.1 Å². The van der Waals surface area contributed by atoms with Gasteiger partial charge in [0.25, 0.3) is 0 Å². The van der Waals surface area contributed by atoms with Crippen molar-refractivity contribution in [2.45, 2.75) is 19.0 Å². The van der Waals surface area contributed by atoms with Gasteiger partial charge in [-0.25, -0.2) is 10.2 Å². The SMILES string of the molecule is CN(C)CCN1c2ccccc2C=CC(NC(=O)CCc2ccc(Cl)cc2Cl)[NH+]1[O-]. The fraction of sp³-hybridized carbons (Fsp3) is 0.318. The first kappa shape index (κ1) is 22.6. The number of anilines is 1. The molecular formula is C22H26Cl2N4O2. The van der Waals surface area contributed by atoms with E-state index in [0.29, 0.717) is 23.0 Å². The van der Waals surface area contributed by atoms with E-state index in [1.165, 1.54) is 0 Å². The summed E-state index contributed by atoms with van der Waals surface area (Å²) < 4.78 is 0. The molecule has 0 aromatic heterocycles. The molecule has 0 aliphatic carbocycles. The van der Waals surface area contributed by atoms with Gasteiger partial charge in [0.15, 0.2) is 0 Å².